The van der Waals surface area contributed by atoms with Crippen LogP contribution in [0.25, 0.3) is 11.1 Å². The predicted molar refractivity (Wildman–Crippen MR) is 96.5 cm³/mol. The van der Waals surface area contributed by atoms with Crippen molar-refractivity contribution in [3.8, 4) is 16.9 Å². The molecular weight excluding hydrogens is 319 g/mol. The fraction of sp³-hybridized carbons (Fsp3) is 0.294. The summed E-state index contributed by atoms with van der Waals surface area (Å²) in [4.78, 5) is 0. The van der Waals surface area contributed by atoms with Crippen molar-refractivity contribution in [2.45, 2.75) is 6.04 Å². The van der Waals surface area contributed by atoms with Crippen LogP contribution in [-0.4, -0.2) is 26.7 Å². The van der Waals surface area contributed by atoms with E-state index in [-0.39, 0.29) is 24.8 Å². The topological polar surface area (TPSA) is 33.3 Å². The first-order chi connectivity index (χ1) is 9.86. The Bertz CT molecular complexity index is 552. The minimum absolute atomic E-state index is 0. The maximum absolute atomic E-state index is 5.19. The van der Waals surface area contributed by atoms with E-state index in [1.807, 2.05) is 12.1 Å². The quantitative estimate of drug-likeness (QED) is 0.897. The zero-order chi connectivity index (χ0) is 13.8. The maximum atomic E-state index is 5.19. The molecule has 5 heteroatoms. The van der Waals surface area contributed by atoms with Gasteiger partial charge < -0.3 is 15.4 Å². The number of ether oxygens (including phenoxy) is 1. The van der Waals surface area contributed by atoms with Crippen LogP contribution in [0.5, 0.6) is 5.75 Å². The second-order valence-corrected chi connectivity index (χ2v) is 5.06. The highest BCUT2D eigenvalue weighted by Crippen LogP contribution is 2.24. The molecule has 0 radical (unpaired) electrons. The summed E-state index contributed by atoms with van der Waals surface area (Å²) in [5.41, 5.74) is 3.79. The highest BCUT2D eigenvalue weighted by atomic mass is 35.5. The lowest BCUT2D eigenvalue weighted by Crippen LogP contribution is -2.42. The second-order valence-electron chi connectivity index (χ2n) is 5.06. The van der Waals surface area contributed by atoms with Crippen molar-refractivity contribution in [2.75, 3.05) is 26.7 Å². The van der Waals surface area contributed by atoms with Crippen LogP contribution < -0.4 is 15.4 Å². The summed E-state index contributed by atoms with van der Waals surface area (Å²) in [7, 11) is 1.69. The summed E-state index contributed by atoms with van der Waals surface area (Å²) < 4.78 is 5.19. The monoisotopic (exact) mass is 340 g/mol. The molecule has 22 heavy (non-hydrogen) atoms. The number of halogens is 2. The van der Waals surface area contributed by atoms with Crippen LogP contribution in [0, 0.1) is 0 Å². The Hall–Kier alpha value is -1.26. The van der Waals surface area contributed by atoms with E-state index < -0.39 is 0 Å². The van der Waals surface area contributed by atoms with Gasteiger partial charge in [0.25, 0.3) is 0 Å². The van der Waals surface area contributed by atoms with Gasteiger partial charge in [0.1, 0.15) is 5.75 Å². The molecule has 1 heterocycles. The molecule has 0 spiro atoms. The molecule has 1 aliphatic heterocycles. The standard InChI is InChI=1S/C17H20N2O.2ClH/c1-20-16-8-6-14(7-9-16)13-2-4-15(5-3-13)17-12-18-10-11-19-17;;/h2-9,17-19H,10-12H2,1H3;2*1H/t17-;;/m1../s1. The molecule has 120 valence electrons. The molecular formula is C17H22Cl2N2O. The van der Waals surface area contributed by atoms with Crippen LogP contribution in [-0.2, 0) is 0 Å². The van der Waals surface area contributed by atoms with E-state index in [1.54, 1.807) is 7.11 Å². The smallest absolute Gasteiger partial charge is 0.118 e. The fourth-order valence-corrected chi connectivity index (χ4v) is 2.58. The van der Waals surface area contributed by atoms with Gasteiger partial charge in [0.15, 0.2) is 0 Å². The summed E-state index contributed by atoms with van der Waals surface area (Å²) in [5.74, 6) is 0.892. The van der Waals surface area contributed by atoms with Crippen LogP contribution in [0.4, 0.5) is 0 Å². The van der Waals surface area contributed by atoms with E-state index in [1.165, 1.54) is 16.7 Å². The van der Waals surface area contributed by atoms with Crippen molar-refractivity contribution in [2.24, 2.45) is 0 Å². The van der Waals surface area contributed by atoms with Gasteiger partial charge in [0.2, 0.25) is 0 Å². The Balaban J connectivity index is 0.00000121. The van der Waals surface area contributed by atoms with Gasteiger partial charge in [-0.25, -0.2) is 0 Å². The van der Waals surface area contributed by atoms with E-state index in [0.717, 1.165) is 25.4 Å². The van der Waals surface area contributed by atoms with Gasteiger partial charge in [-0.3, -0.25) is 0 Å². The Morgan fingerprint density at radius 3 is 1.95 bits per heavy atom. The number of methoxy groups -OCH3 is 1. The highest BCUT2D eigenvalue weighted by molar-refractivity contribution is 5.85. The molecule has 2 aromatic rings. The number of benzene rings is 2. The Morgan fingerprint density at radius 1 is 0.864 bits per heavy atom. The third-order valence-corrected chi connectivity index (χ3v) is 3.78. The van der Waals surface area contributed by atoms with Crippen molar-refractivity contribution in [3.63, 3.8) is 0 Å². The van der Waals surface area contributed by atoms with Crippen molar-refractivity contribution >= 4 is 24.8 Å². The van der Waals surface area contributed by atoms with E-state index >= 15 is 0 Å². The van der Waals surface area contributed by atoms with Gasteiger partial charge in [0.05, 0.1) is 7.11 Å². The number of nitrogens with one attached hydrogen (secondary N) is 2. The SMILES string of the molecule is COc1ccc(-c2ccc([C@H]3CNCCN3)cc2)cc1.Cl.Cl. The molecule has 1 saturated heterocycles. The van der Waals surface area contributed by atoms with E-state index in [4.69, 9.17) is 4.74 Å². The van der Waals surface area contributed by atoms with E-state index in [9.17, 15) is 0 Å². The summed E-state index contributed by atoms with van der Waals surface area (Å²) >= 11 is 0. The lowest BCUT2D eigenvalue weighted by molar-refractivity contribution is 0.415. The molecule has 1 atom stereocenters. The molecule has 2 N–H and O–H groups in total. The molecule has 0 aliphatic carbocycles. The first kappa shape index (κ1) is 18.8. The zero-order valence-electron chi connectivity index (χ0n) is 12.5. The highest BCUT2D eigenvalue weighted by Gasteiger charge is 2.13. The van der Waals surface area contributed by atoms with Crippen LogP contribution in [0.3, 0.4) is 0 Å². The van der Waals surface area contributed by atoms with Gasteiger partial charge in [-0.15, -0.1) is 24.8 Å². The molecule has 2 aromatic carbocycles. The lowest BCUT2D eigenvalue weighted by atomic mass is 10.00. The molecule has 0 amide bonds. The van der Waals surface area contributed by atoms with Crippen LogP contribution >= 0.6 is 24.8 Å². The van der Waals surface area contributed by atoms with Gasteiger partial charge in [0, 0.05) is 25.7 Å². The first-order valence-electron chi connectivity index (χ1n) is 7.05. The van der Waals surface area contributed by atoms with Gasteiger partial charge in [-0.1, -0.05) is 36.4 Å². The predicted octanol–water partition coefficient (Wildman–Crippen LogP) is 3.44. The molecule has 0 aromatic heterocycles. The minimum atomic E-state index is 0. The molecule has 1 aliphatic rings. The molecule has 1 fully saturated rings. The third kappa shape index (κ3) is 4.37. The van der Waals surface area contributed by atoms with Crippen molar-refractivity contribution in [1.29, 1.82) is 0 Å². The van der Waals surface area contributed by atoms with E-state index in [2.05, 4.69) is 47.0 Å². The Kier molecular flexibility index (Phi) is 7.69. The molecule has 0 saturated carbocycles. The molecule has 0 unspecified atom stereocenters. The van der Waals surface area contributed by atoms with Gasteiger partial charge >= 0.3 is 0 Å². The fourth-order valence-electron chi connectivity index (χ4n) is 2.58. The Labute approximate surface area is 144 Å². The van der Waals surface area contributed by atoms with Crippen LogP contribution in [0.1, 0.15) is 11.6 Å². The van der Waals surface area contributed by atoms with Crippen molar-refractivity contribution < 1.29 is 4.74 Å². The molecule has 3 rings (SSSR count). The lowest BCUT2D eigenvalue weighted by Gasteiger charge is -2.25. The summed E-state index contributed by atoms with van der Waals surface area (Å²) in [6, 6.07) is 17.4. The first-order valence-corrected chi connectivity index (χ1v) is 7.05. The Morgan fingerprint density at radius 2 is 1.45 bits per heavy atom. The summed E-state index contributed by atoms with van der Waals surface area (Å²) in [6.45, 7) is 3.09. The van der Waals surface area contributed by atoms with Crippen LogP contribution in [0.2, 0.25) is 0 Å². The van der Waals surface area contributed by atoms with Crippen molar-refractivity contribution in [3.05, 3.63) is 54.1 Å². The van der Waals surface area contributed by atoms with Crippen molar-refractivity contribution in [1.82, 2.24) is 10.6 Å². The molecule has 0 bridgehead atoms. The summed E-state index contributed by atoms with van der Waals surface area (Å²) in [5, 5.41) is 6.95. The number of hydrogen-bond acceptors (Lipinski definition) is 3. The third-order valence-electron chi connectivity index (χ3n) is 3.78. The average Bonchev–Trinajstić information content (AvgIpc) is 2.56. The second kappa shape index (κ2) is 9.01. The van der Waals surface area contributed by atoms with Crippen LogP contribution in [0.15, 0.2) is 48.5 Å². The largest absolute Gasteiger partial charge is 0.497 e. The number of hydrogen-bond donors (Lipinski definition) is 2. The normalized spacial score (nSPS) is 17.0. The average molecular weight is 341 g/mol. The van der Waals surface area contributed by atoms with Gasteiger partial charge in [-0.2, -0.15) is 0 Å². The minimum Gasteiger partial charge on any atom is -0.497 e. The van der Waals surface area contributed by atoms with Gasteiger partial charge in [-0.05, 0) is 28.8 Å². The molecule has 3 nitrogen and oxygen atoms in total. The van der Waals surface area contributed by atoms with E-state index in [0.29, 0.717) is 6.04 Å². The zero-order valence-corrected chi connectivity index (χ0v) is 14.2. The maximum Gasteiger partial charge on any atom is 0.118 e. The number of rotatable bonds is 3. The summed E-state index contributed by atoms with van der Waals surface area (Å²) in [6.07, 6.45) is 0. The number of piperazine rings is 1.